The maximum atomic E-state index is 3.74. The topological polar surface area (TPSA) is 15.8 Å². The fourth-order valence-corrected chi connectivity index (χ4v) is 6.55. The third kappa shape index (κ3) is 4.24. The summed E-state index contributed by atoms with van der Waals surface area (Å²) in [5.74, 6) is 0. The van der Waals surface area contributed by atoms with Crippen LogP contribution in [-0.2, 0) is 5.41 Å². The first-order valence-electron chi connectivity index (χ1n) is 12.7. The molecule has 0 unspecified atom stereocenters. The van der Waals surface area contributed by atoms with Crippen molar-refractivity contribution in [1.82, 2.24) is 4.98 Å². The molecule has 180 valence electrons. The predicted octanol–water partition coefficient (Wildman–Crippen LogP) is 10.1. The highest BCUT2D eigenvalue weighted by Crippen LogP contribution is 2.50. The van der Waals surface area contributed by atoms with E-state index in [1.807, 2.05) is 11.3 Å². The van der Waals surface area contributed by atoms with Gasteiger partial charge in [0, 0.05) is 44.4 Å². The second-order valence-electron chi connectivity index (χ2n) is 9.89. The second kappa shape index (κ2) is 9.72. The Hall–Kier alpha value is -4.14. The van der Waals surface area contributed by atoms with Gasteiger partial charge in [-0.15, -0.1) is 11.3 Å². The molecule has 0 saturated heterocycles. The Bertz CT molecular complexity index is 1490. The first-order chi connectivity index (χ1) is 18.1. The van der Waals surface area contributed by atoms with Crippen LogP contribution in [0.2, 0.25) is 0 Å². The number of nitrogens with one attached hydrogen (secondary N) is 1. The third-order valence-corrected chi connectivity index (χ3v) is 8.46. The molecule has 0 radical (unpaired) electrons. The zero-order valence-corrected chi connectivity index (χ0v) is 21.9. The minimum Gasteiger partial charge on any atom is -0.363 e. The Labute approximate surface area is 223 Å². The molecule has 6 rings (SSSR count). The molecule has 4 aromatic carbocycles. The predicted molar refractivity (Wildman–Crippen MR) is 159 cm³/mol. The van der Waals surface area contributed by atoms with Gasteiger partial charge in [-0.05, 0) is 41.5 Å². The Kier molecular flexibility index (Phi) is 6.12. The molecule has 0 bridgehead atoms. The summed E-state index contributed by atoms with van der Waals surface area (Å²) in [4.78, 5) is 5.10. The molecular formula is C35H29NS. The molecule has 37 heavy (non-hydrogen) atoms. The van der Waals surface area contributed by atoms with Crippen LogP contribution < -0.4 is 0 Å². The Morgan fingerprint density at radius 1 is 0.514 bits per heavy atom. The van der Waals surface area contributed by atoms with Gasteiger partial charge < -0.3 is 4.98 Å². The maximum Gasteiger partial charge on any atom is 0.0403 e. The van der Waals surface area contributed by atoms with E-state index >= 15 is 0 Å². The van der Waals surface area contributed by atoms with E-state index in [4.69, 9.17) is 0 Å². The van der Waals surface area contributed by atoms with E-state index in [1.54, 1.807) is 0 Å². The number of aromatic nitrogens is 1. The zero-order valence-electron chi connectivity index (χ0n) is 21.1. The van der Waals surface area contributed by atoms with Crippen LogP contribution in [0, 0.1) is 0 Å². The lowest BCUT2D eigenvalue weighted by molar-refractivity contribution is 0.638. The molecule has 0 aliphatic rings. The molecule has 1 N–H and O–H groups in total. The molecule has 2 aromatic heterocycles. The van der Waals surface area contributed by atoms with Crippen LogP contribution in [-0.4, -0.2) is 4.98 Å². The number of thiophene rings is 1. The highest BCUT2D eigenvalue weighted by atomic mass is 32.1. The molecular weight excluding hydrogens is 466 g/mol. The van der Waals surface area contributed by atoms with Crippen LogP contribution in [0.4, 0.5) is 0 Å². The number of aromatic amines is 1. The van der Waals surface area contributed by atoms with Gasteiger partial charge >= 0.3 is 0 Å². The van der Waals surface area contributed by atoms with Gasteiger partial charge in [0.1, 0.15) is 0 Å². The lowest BCUT2D eigenvalue weighted by Gasteiger charge is -2.27. The molecule has 1 nitrogen and oxygen atoms in total. The van der Waals surface area contributed by atoms with Gasteiger partial charge in [0.2, 0.25) is 0 Å². The van der Waals surface area contributed by atoms with Crippen molar-refractivity contribution in [3.63, 3.8) is 0 Å². The molecule has 0 spiro atoms. The number of rotatable bonds is 6. The van der Waals surface area contributed by atoms with Crippen molar-refractivity contribution in [2.24, 2.45) is 0 Å². The summed E-state index contributed by atoms with van der Waals surface area (Å²) in [6, 6.07) is 43.0. The number of benzene rings is 4. The number of hydrogen-bond donors (Lipinski definition) is 1. The van der Waals surface area contributed by atoms with Crippen molar-refractivity contribution in [2.75, 3.05) is 0 Å². The second-order valence-corrected chi connectivity index (χ2v) is 10.8. The van der Waals surface area contributed by atoms with E-state index in [0.29, 0.717) is 0 Å². The van der Waals surface area contributed by atoms with E-state index < -0.39 is 0 Å². The number of H-pyrrole nitrogens is 1. The highest BCUT2D eigenvalue weighted by molar-refractivity contribution is 7.11. The van der Waals surface area contributed by atoms with Gasteiger partial charge in [-0.25, -0.2) is 0 Å². The Morgan fingerprint density at radius 2 is 0.946 bits per heavy atom. The van der Waals surface area contributed by atoms with Crippen molar-refractivity contribution in [3.05, 3.63) is 143 Å². The highest BCUT2D eigenvalue weighted by Gasteiger charge is 2.34. The van der Waals surface area contributed by atoms with Gasteiger partial charge in [-0.2, -0.15) is 0 Å². The SMILES string of the molecule is CC(C)(c1[nH]cc(-c2ccccc2)c1-c1ccccc1)c1scc(-c2ccccc2)c1-c1ccccc1. The van der Waals surface area contributed by atoms with Crippen LogP contribution in [0.1, 0.15) is 24.4 Å². The summed E-state index contributed by atoms with van der Waals surface area (Å²) < 4.78 is 0. The maximum absolute atomic E-state index is 3.74. The molecule has 0 aliphatic carbocycles. The summed E-state index contributed by atoms with van der Waals surface area (Å²) in [5.41, 5.74) is 11.0. The van der Waals surface area contributed by atoms with Crippen LogP contribution in [0.25, 0.3) is 44.5 Å². The van der Waals surface area contributed by atoms with Crippen molar-refractivity contribution < 1.29 is 0 Å². The number of hydrogen-bond acceptors (Lipinski definition) is 1. The normalized spacial score (nSPS) is 11.5. The first kappa shape index (κ1) is 23.3. The average molecular weight is 496 g/mol. The van der Waals surface area contributed by atoms with Crippen LogP contribution in [0.15, 0.2) is 133 Å². The van der Waals surface area contributed by atoms with Crippen LogP contribution in [0.3, 0.4) is 0 Å². The lowest BCUT2D eigenvalue weighted by Crippen LogP contribution is -2.20. The van der Waals surface area contributed by atoms with Gasteiger partial charge in [0.05, 0.1) is 0 Å². The van der Waals surface area contributed by atoms with E-state index in [1.165, 1.54) is 55.1 Å². The molecule has 0 amide bonds. The summed E-state index contributed by atoms with van der Waals surface area (Å²) >= 11 is 1.86. The van der Waals surface area contributed by atoms with Gasteiger partial charge in [0.25, 0.3) is 0 Å². The molecule has 0 aliphatic heterocycles. The quantitative estimate of drug-likeness (QED) is 0.237. The lowest BCUT2D eigenvalue weighted by atomic mass is 9.79. The first-order valence-corrected chi connectivity index (χ1v) is 13.6. The van der Waals surface area contributed by atoms with Crippen molar-refractivity contribution in [1.29, 1.82) is 0 Å². The molecule has 0 fully saturated rings. The molecule has 6 aromatic rings. The van der Waals surface area contributed by atoms with Crippen molar-refractivity contribution >= 4 is 11.3 Å². The van der Waals surface area contributed by atoms with Crippen molar-refractivity contribution in [3.8, 4) is 44.5 Å². The fourth-order valence-electron chi connectivity index (χ4n) is 5.32. The Morgan fingerprint density at radius 3 is 1.46 bits per heavy atom. The zero-order chi connectivity index (χ0) is 25.2. The minimum absolute atomic E-state index is 0.263. The molecule has 0 atom stereocenters. The average Bonchev–Trinajstić information content (AvgIpc) is 3.61. The van der Waals surface area contributed by atoms with Gasteiger partial charge in [0.15, 0.2) is 0 Å². The van der Waals surface area contributed by atoms with E-state index in [2.05, 4.69) is 152 Å². The third-order valence-electron chi connectivity index (χ3n) is 7.16. The van der Waals surface area contributed by atoms with Crippen LogP contribution in [0.5, 0.6) is 0 Å². The van der Waals surface area contributed by atoms with Crippen LogP contribution >= 0.6 is 11.3 Å². The van der Waals surface area contributed by atoms with E-state index in [9.17, 15) is 0 Å². The summed E-state index contributed by atoms with van der Waals surface area (Å²) in [5, 5.41) is 2.33. The van der Waals surface area contributed by atoms with Gasteiger partial charge in [-0.1, -0.05) is 121 Å². The monoisotopic (exact) mass is 495 g/mol. The summed E-state index contributed by atoms with van der Waals surface area (Å²) in [7, 11) is 0. The standard InChI is InChI=1S/C35H29NS/c1-35(2,33-31(27-19-11-5-12-20-27)29(23-36-33)25-15-7-3-8-16-25)34-32(28-21-13-6-14-22-28)30(24-37-34)26-17-9-4-10-18-26/h3-24,36H,1-2H3. The van der Waals surface area contributed by atoms with Gasteiger partial charge in [-0.3, -0.25) is 0 Å². The summed E-state index contributed by atoms with van der Waals surface area (Å²) in [6.07, 6.45) is 2.18. The minimum atomic E-state index is -0.263. The molecule has 2 heteroatoms. The van der Waals surface area contributed by atoms with E-state index in [-0.39, 0.29) is 5.41 Å². The molecule has 2 heterocycles. The van der Waals surface area contributed by atoms with E-state index in [0.717, 1.165) is 0 Å². The molecule has 0 saturated carbocycles. The van der Waals surface area contributed by atoms with Crippen molar-refractivity contribution in [2.45, 2.75) is 19.3 Å². The Balaban J connectivity index is 1.59. The smallest absolute Gasteiger partial charge is 0.0403 e. The fraction of sp³-hybridized carbons (Fsp3) is 0.0857. The summed E-state index contributed by atoms with van der Waals surface area (Å²) in [6.45, 7) is 4.71. The largest absolute Gasteiger partial charge is 0.363 e.